The zero-order chi connectivity index (χ0) is 24.2. The Kier molecular flexibility index (Phi) is 18.1. The Hall–Kier alpha value is -2.25. The fourth-order valence-electron chi connectivity index (χ4n) is 2.70. The summed E-state index contributed by atoms with van der Waals surface area (Å²) in [5, 5.41) is 15.2. The van der Waals surface area contributed by atoms with Crippen LogP contribution in [0.1, 0.15) is 61.7 Å². The van der Waals surface area contributed by atoms with Crippen LogP contribution in [0.2, 0.25) is 0 Å². The number of carbonyl (C=O) groups excluding carboxylic acids is 1. The van der Waals surface area contributed by atoms with E-state index in [4.69, 9.17) is 24.4 Å². The third-order valence-electron chi connectivity index (χ3n) is 4.39. The number of carbonyl (C=O) groups is 1. The molecule has 0 aliphatic carbocycles. The summed E-state index contributed by atoms with van der Waals surface area (Å²) in [6, 6.07) is 13.9. The summed E-state index contributed by atoms with van der Waals surface area (Å²) >= 11 is 0. The van der Waals surface area contributed by atoms with E-state index >= 15 is 0 Å². The van der Waals surface area contributed by atoms with E-state index in [1.54, 1.807) is 0 Å². The molecule has 6 nitrogen and oxygen atoms in total. The molecule has 2 N–H and O–H groups in total. The van der Waals surface area contributed by atoms with Crippen LogP contribution < -0.4 is 4.74 Å². The highest BCUT2D eigenvalue weighted by atomic mass is 16.7. The zero-order valence-corrected chi connectivity index (χ0v) is 20.2. The molecule has 0 bridgehead atoms. The number of benzene rings is 2. The molecule has 0 saturated carbocycles. The second-order valence-electron chi connectivity index (χ2n) is 6.68. The summed E-state index contributed by atoms with van der Waals surface area (Å²) in [7, 11) is 0. The van der Waals surface area contributed by atoms with Crippen molar-refractivity contribution in [3.8, 4) is 5.75 Å². The first-order valence-corrected chi connectivity index (χ1v) is 11.2. The lowest BCUT2D eigenvalue weighted by Gasteiger charge is -2.13. The minimum absolute atomic E-state index is 0.0370. The minimum Gasteiger partial charge on any atom is -0.489 e. The molecular formula is C26H40O6. The van der Waals surface area contributed by atoms with E-state index in [-0.39, 0.29) is 19.5 Å². The minimum atomic E-state index is -0.125. The first kappa shape index (κ1) is 29.8. The van der Waals surface area contributed by atoms with Crippen molar-refractivity contribution in [2.24, 2.45) is 0 Å². The van der Waals surface area contributed by atoms with Crippen LogP contribution in [0.4, 0.5) is 0 Å². The number of rotatable bonds is 11. The number of aryl methyl sites for hydroxylation is 2. The Bertz CT molecular complexity index is 724. The van der Waals surface area contributed by atoms with Gasteiger partial charge in [0.1, 0.15) is 18.6 Å². The fraction of sp³-hybridized carbons (Fsp3) is 0.500. The second-order valence-corrected chi connectivity index (χ2v) is 6.68. The molecule has 0 fully saturated rings. The molecule has 2 rings (SSSR count). The van der Waals surface area contributed by atoms with Crippen LogP contribution in [-0.2, 0) is 28.9 Å². The highest BCUT2D eigenvalue weighted by Gasteiger charge is 2.06. The maximum Gasteiger partial charge on any atom is 0.154 e. The summed E-state index contributed by atoms with van der Waals surface area (Å²) in [4.78, 5) is 11.0. The Balaban J connectivity index is 0.000000666. The molecule has 0 aliphatic rings. The van der Waals surface area contributed by atoms with Crippen molar-refractivity contribution in [2.45, 2.75) is 60.4 Å². The maximum atomic E-state index is 11.0. The molecule has 0 aromatic heterocycles. The lowest BCUT2D eigenvalue weighted by Crippen LogP contribution is -2.11. The highest BCUT2D eigenvalue weighted by Crippen LogP contribution is 2.23. The lowest BCUT2D eigenvalue weighted by atomic mass is 10.1. The molecule has 6 heteroatoms. The average Bonchev–Trinajstić information content (AvgIpc) is 2.83. The van der Waals surface area contributed by atoms with E-state index in [1.165, 1.54) is 11.1 Å². The Morgan fingerprint density at radius 1 is 0.875 bits per heavy atom. The number of hydrogen-bond donors (Lipinski definition) is 2. The normalized spacial score (nSPS) is 10.0. The number of ether oxygens (including phenoxy) is 3. The summed E-state index contributed by atoms with van der Waals surface area (Å²) in [6.45, 7) is 11.7. The molecule has 0 atom stereocenters. The van der Waals surface area contributed by atoms with Crippen molar-refractivity contribution in [3.63, 3.8) is 0 Å². The number of aliphatic hydroxyl groups is 2. The molecule has 0 spiro atoms. The fourth-order valence-corrected chi connectivity index (χ4v) is 2.70. The van der Waals surface area contributed by atoms with E-state index in [9.17, 15) is 4.79 Å². The third-order valence-corrected chi connectivity index (χ3v) is 4.39. The van der Waals surface area contributed by atoms with Crippen molar-refractivity contribution >= 4 is 6.29 Å². The van der Waals surface area contributed by atoms with Crippen LogP contribution in [0.3, 0.4) is 0 Å². The Morgan fingerprint density at radius 3 is 2.00 bits per heavy atom. The summed E-state index contributed by atoms with van der Waals surface area (Å²) in [5.74, 6) is 0.924. The zero-order valence-electron chi connectivity index (χ0n) is 20.2. The van der Waals surface area contributed by atoms with E-state index in [0.29, 0.717) is 12.2 Å². The van der Waals surface area contributed by atoms with Crippen molar-refractivity contribution < 1.29 is 29.2 Å². The molecule has 0 heterocycles. The van der Waals surface area contributed by atoms with Gasteiger partial charge in [0.25, 0.3) is 0 Å². The van der Waals surface area contributed by atoms with E-state index < -0.39 is 0 Å². The van der Waals surface area contributed by atoms with Crippen molar-refractivity contribution in [3.05, 3.63) is 64.7 Å². The van der Waals surface area contributed by atoms with Gasteiger partial charge in [0.15, 0.2) is 6.29 Å². The first-order valence-electron chi connectivity index (χ1n) is 11.2. The van der Waals surface area contributed by atoms with Gasteiger partial charge in [0.2, 0.25) is 0 Å². The average molecular weight is 449 g/mol. The standard InChI is InChI=1S/C18H20O2.C6H14O2.C2H6O2/c1-3-14-9-10-15(4-2)18(11-14)20-13-17-8-6-5-7-16(17)12-19;1-4-7-6(3)8-5-2;3-1-2-4/h5-12H,3-4,13H2,1-2H3;6H,4-5H2,1-3H3;3-4H,1-2H2. The smallest absolute Gasteiger partial charge is 0.154 e. The number of aldehydes is 1. The second kappa shape index (κ2) is 19.4. The van der Waals surface area contributed by atoms with E-state index in [1.807, 2.05) is 45.0 Å². The van der Waals surface area contributed by atoms with Gasteiger partial charge in [0.05, 0.1) is 13.2 Å². The molecule has 2 aromatic rings. The van der Waals surface area contributed by atoms with E-state index in [2.05, 4.69) is 32.0 Å². The van der Waals surface area contributed by atoms with Crippen molar-refractivity contribution in [1.29, 1.82) is 0 Å². The summed E-state index contributed by atoms with van der Waals surface area (Å²) < 4.78 is 16.1. The van der Waals surface area contributed by atoms with Crippen LogP contribution in [0.25, 0.3) is 0 Å². The van der Waals surface area contributed by atoms with Gasteiger partial charge in [-0.15, -0.1) is 0 Å². The third kappa shape index (κ3) is 12.6. The Morgan fingerprint density at radius 2 is 1.50 bits per heavy atom. The number of hydrogen-bond acceptors (Lipinski definition) is 6. The van der Waals surface area contributed by atoms with Crippen molar-refractivity contribution in [2.75, 3.05) is 26.4 Å². The predicted molar refractivity (Wildman–Crippen MR) is 128 cm³/mol. The summed E-state index contributed by atoms with van der Waals surface area (Å²) in [5.41, 5.74) is 4.08. The largest absolute Gasteiger partial charge is 0.489 e. The van der Waals surface area contributed by atoms with Crippen LogP contribution >= 0.6 is 0 Å². The number of aliphatic hydroxyl groups excluding tert-OH is 2. The van der Waals surface area contributed by atoms with Gasteiger partial charge >= 0.3 is 0 Å². The van der Waals surface area contributed by atoms with Gasteiger partial charge in [-0.1, -0.05) is 50.2 Å². The van der Waals surface area contributed by atoms with E-state index in [0.717, 1.165) is 43.7 Å². The molecule has 180 valence electrons. The van der Waals surface area contributed by atoms with Gasteiger partial charge in [-0.05, 0) is 56.4 Å². The van der Waals surface area contributed by atoms with Crippen LogP contribution in [0, 0.1) is 0 Å². The lowest BCUT2D eigenvalue weighted by molar-refractivity contribution is -0.123. The molecule has 0 unspecified atom stereocenters. The van der Waals surface area contributed by atoms with Gasteiger partial charge in [-0.3, -0.25) is 4.79 Å². The van der Waals surface area contributed by atoms with Crippen LogP contribution in [0.15, 0.2) is 42.5 Å². The summed E-state index contributed by atoms with van der Waals surface area (Å²) in [6.07, 6.45) is 2.77. The molecule has 0 saturated heterocycles. The first-order chi connectivity index (χ1) is 15.5. The van der Waals surface area contributed by atoms with Gasteiger partial charge < -0.3 is 24.4 Å². The maximum absolute atomic E-state index is 11.0. The molecule has 32 heavy (non-hydrogen) atoms. The topological polar surface area (TPSA) is 85.2 Å². The molecule has 0 amide bonds. The predicted octanol–water partition coefficient (Wildman–Crippen LogP) is 4.58. The van der Waals surface area contributed by atoms with Gasteiger partial charge in [-0.25, -0.2) is 0 Å². The van der Waals surface area contributed by atoms with Crippen LogP contribution in [-0.4, -0.2) is 49.2 Å². The molecular weight excluding hydrogens is 408 g/mol. The molecule has 2 aromatic carbocycles. The van der Waals surface area contributed by atoms with Gasteiger partial charge in [-0.2, -0.15) is 0 Å². The van der Waals surface area contributed by atoms with Gasteiger partial charge in [0, 0.05) is 18.8 Å². The Labute approximate surface area is 193 Å². The van der Waals surface area contributed by atoms with Crippen LogP contribution in [0.5, 0.6) is 5.75 Å². The van der Waals surface area contributed by atoms with Crippen molar-refractivity contribution in [1.82, 2.24) is 0 Å². The highest BCUT2D eigenvalue weighted by molar-refractivity contribution is 5.77. The molecule has 0 aliphatic heterocycles. The monoisotopic (exact) mass is 448 g/mol. The quantitative estimate of drug-likeness (QED) is 0.387. The SMILES string of the molecule is CCOC(C)OCC.CCc1ccc(CC)c(OCc2ccccc2C=O)c1.OCCO. The molecule has 0 radical (unpaired) electrons.